The predicted molar refractivity (Wildman–Crippen MR) is 58.4 cm³/mol. The topological polar surface area (TPSA) is 68.9 Å². The number of rotatable bonds is 4. The molecule has 1 atom stereocenters. The van der Waals surface area contributed by atoms with Crippen molar-refractivity contribution >= 4 is 5.82 Å². The van der Waals surface area contributed by atoms with Crippen molar-refractivity contribution in [3.05, 3.63) is 23.9 Å². The van der Waals surface area contributed by atoms with Crippen molar-refractivity contribution in [3.63, 3.8) is 0 Å². The van der Waals surface area contributed by atoms with E-state index in [0.717, 1.165) is 6.42 Å². The molecule has 0 fully saturated rings. The Labute approximate surface area is 89.6 Å². The summed E-state index contributed by atoms with van der Waals surface area (Å²) in [4.78, 5) is 4.09. The number of aliphatic hydroxyl groups is 1. The van der Waals surface area contributed by atoms with E-state index in [9.17, 15) is 5.11 Å². The molecule has 15 heavy (non-hydrogen) atoms. The smallest absolute Gasteiger partial charge is 0.144 e. The number of hydrogen-bond acceptors (Lipinski definition) is 4. The number of pyridine rings is 1. The number of anilines is 1. The molecule has 0 aliphatic rings. The normalized spacial score (nSPS) is 14.0. The van der Waals surface area contributed by atoms with Crippen molar-refractivity contribution in [3.8, 4) is 6.07 Å². The zero-order chi connectivity index (χ0) is 11.3. The fraction of sp³-hybridized carbons (Fsp3) is 0.455. The Hall–Kier alpha value is -1.60. The first-order valence-electron chi connectivity index (χ1n) is 4.89. The number of aromatic nitrogens is 1. The van der Waals surface area contributed by atoms with Crippen molar-refractivity contribution in [1.82, 2.24) is 4.98 Å². The second-order valence-electron chi connectivity index (χ2n) is 3.71. The Kier molecular flexibility index (Phi) is 3.64. The van der Waals surface area contributed by atoms with Crippen LogP contribution in [0.15, 0.2) is 18.3 Å². The second kappa shape index (κ2) is 4.76. The van der Waals surface area contributed by atoms with E-state index < -0.39 is 5.54 Å². The molecule has 80 valence electrons. The Balaban J connectivity index is 2.94. The Morgan fingerprint density at radius 2 is 2.40 bits per heavy atom. The summed E-state index contributed by atoms with van der Waals surface area (Å²) >= 11 is 0. The van der Waals surface area contributed by atoms with Crippen LogP contribution in [-0.4, -0.2) is 22.2 Å². The number of nitrogens with zero attached hydrogens (tertiary/aromatic N) is 2. The summed E-state index contributed by atoms with van der Waals surface area (Å²) in [5, 5.41) is 21.2. The highest BCUT2D eigenvalue weighted by Gasteiger charge is 2.21. The van der Waals surface area contributed by atoms with Crippen molar-refractivity contribution < 1.29 is 5.11 Å². The molecule has 0 bridgehead atoms. The first-order chi connectivity index (χ1) is 7.15. The molecule has 1 heterocycles. The summed E-state index contributed by atoms with van der Waals surface area (Å²) in [7, 11) is 0. The highest BCUT2D eigenvalue weighted by Crippen LogP contribution is 2.18. The minimum absolute atomic E-state index is 0.00490. The van der Waals surface area contributed by atoms with E-state index in [-0.39, 0.29) is 6.61 Å². The first-order valence-corrected chi connectivity index (χ1v) is 4.89. The molecule has 0 amide bonds. The highest BCUT2D eigenvalue weighted by atomic mass is 16.3. The van der Waals surface area contributed by atoms with Crippen LogP contribution in [0.25, 0.3) is 0 Å². The summed E-state index contributed by atoms with van der Waals surface area (Å²) in [6, 6.07) is 5.47. The molecule has 1 unspecified atom stereocenters. The van der Waals surface area contributed by atoms with Gasteiger partial charge in [-0.1, -0.05) is 6.92 Å². The lowest BCUT2D eigenvalue weighted by Gasteiger charge is -2.28. The third kappa shape index (κ3) is 2.67. The van der Waals surface area contributed by atoms with Crippen LogP contribution in [0.5, 0.6) is 0 Å². The molecule has 4 nitrogen and oxygen atoms in total. The summed E-state index contributed by atoms with van der Waals surface area (Å²) in [5.41, 5.74) is 0.0607. The lowest BCUT2D eigenvalue weighted by Crippen LogP contribution is -2.38. The van der Waals surface area contributed by atoms with Gasteiger partial charge in [-0.25, -0.2) is 4.98 Å². The van der Waals surface area contributed by atoms with Crippen molar-refractivity contribution in [2.45, 2.75) is 25.8 Å². The highest BCUT2D eigenvalue weighted by molar-refractivity contribution is 5.52. The average molecular weight is 205 g/mol. The maximum atomic E-state index is 9.24. The van der Waals surface area contributed by atoms with Gasteiger partial charge in [-0.3, -0.25) is 0 Å². The predicted octanol–water partition coefficient (Wildman–Crippen LogP) is 1.53. The van der Waals surface area contributed by atoms with Gasteiger partial charge in [0.1, 0.15) is 11.9 Å². The largest absolute Gasteiger partial charge is 0.394 e. The zero-order valence-electron chi connectivity index (χ0n) is 8.99. The van der Waals surface area contributed by atoms with Crippen LogP contribution in [0.2, 0.25) is 0 Å². The number of hydrogen-bond donors (Lipinski definition) is 2. The summed E-state index contributed by atoms with van der Waals surface area (Å²) in [6.07, 6.45) is 2.38. The van der Waals surface area contributed by atoms with E-state index in [1.165, 1.54) is 0 Å². The van der Waals surface area contributed by atoms with Gasteiger partial charge in [0.25, 0.3) is 0 Å². The van der Waals surface area contributed by atoms with Gasteiger partial charge in [0.15, 0.2) is 0 Å². The molecular formula is C11H15N3O. The lowest BCUT2D eigenvalue weighted by atomic mass is 10.00. The minimum atomic E-state index is -0.431. The van der Waals surface area contributed by atoms with Crippen molar-refractivity contribution in [1.29, 1.82) is 5.26 Å². The van der Waals surface area contributed by atoms with Gasteiger partial charge < -0.3 is 10.4 Å². The Morgan fingerprint density at radius 3 is 2.93 bits per heavy atom. The van der Waals surface area contributed by atoms with Crippen molar-refractivity contribution in [2.24, 2.45) is 0 Å². The van der Waals surface area contributed by atoms with Gasteiger partial charge in [0.2, 0.25) is 0 Å². The third-order valence-electron chi connectivity index (χ3n) is 2.48. The van der Waals surface area contributed by atoms with Crippen molar-refractivity contribution in [2.75, 3.05) is 11.9 Å². The van der Waals surface area contributed by atoms with E-state index >= 15 is 0 Å². The van der Waals surface area contributed by atoms with Crippen LogP contribution in [0.3, 0.4) is 0 Å². The van der Waals surface area contributed by atoms with E-state index in [1.807, 2.05) is 13.8 Å². The fourth-order valence-electron chi connectivity index (χ4n) is 1.12. The lowest BCUT2D eigenvalue weighted by molar-refractivity contribution is 0.218. The van der Waals surface area contributed by atoms with Gasteiger partial charge in [-0.2, -0.15) is 5.26 Å². The summed E-state index contributed by atoms with van der Waals surface area (Å²) < 4.78 is 0. The molecule has 1 rings (SSSR count). The van der Waals surface area contributed by atoms with Gasteiger partial charge in [0.05, 0.1) is 17.7 Å². The Bertz CT molecular complexity index is 366. The van der Waals surface area contributed by atoms with E-state index in [0.29, 0.717) is 11.4 Å². The van der Waals surface area contributed by atoms with E-state index in [2.05, 4.69) is 16.4 Å². The molecule has 1 aromatic rings. The molecule has 1 aromatic heterocycles. The summed E-state index contributed by atoms with van der Waals surface area (Å²) in [5.74, 6) is 0.526. The third-order valence-corrected chi connectivity index (χ3v) is 2.48. The minimum Gasteiger partial charge on any atom is -0.394 e. The molecule has 0 aliphatic heterocycles. The maximum absolute atomic E-state index is 9.24. The van der Waals surface area contributed by atoms with Gasteiger partial charge >= 0.3 is 0 Å². The average Bonchev–Trinajstić information content (AvgIpc) is 2.29. The van der Waals surface area contributed by atoms with Gasteiger partial charge in [-0.15, -0.1) is 0 Å². The zero-order valence-corrected chi connectivity index (χ0v) is 8.99. The molecule has 4 heteroatoms. The van der Waals surface area contributed by atoms with Crippen LogP contribution in [0, 0.1) is 11.3 Å². The molecule has 0 spiro atoms. The quantitative estimate of drug-likeness (QED) is 0.782. The summed E-state index contributed by atoms with van der Waals surface area (Å²) in [6.45, 7) is 3.87. The van der Waals surface area contributed by atoms with Crippen LogP contribution in [-0.2, 0) is 0 Å². The molecule has 0 aliphatic carbocycles. The number of nitriles is 1. The SMILES string of the molecule is CCC(C)(CO)Nc1ncccc1C#N. The standard InChI is InChI=1S/C11H15N3O/c1-3-11(2,8-15)14-10-9(7-12)5-4-6-13-10/h4-6,15H,3,8H2,1-2H3,(H,13,14). The molecule has 2 N–H and O–H groups in total. The monoisotopic (exact) mass is 205 g/mol. The number of aliphatic hydroxyl groups excluding tert-OH is 1. The fourth-order valence-corrected chi connectivity index (χ4v) is 1.12. The first kappa shape index (κ1) is 11.5. The molecule has 0 saturated heterocycles. The molecular weight excluding hydrogens is 190 g/mol. The van der Waals surface area contributed by atoms with Crippen LogP contribution >= 0.6 is 0 Å². The maximum Gasteiger partial charge on any atom is 0.144 e. The second-order valence-corrected chi connectivity index (χ2v) is 3.71. The van der Waals surface area contributed by atoms with Crippen LogP contribution in [0.4, 0.5) is 5.82 Å². The molecule has 0 saturated carbocycles. The van der Waals surface area contributed by atoms with Gasteiger partial charge in [0, 0.05) is 6.20 Å². The molecule has 0 radical (unpaired) electrons. The van der Waals surface area contributed by atoms with E-state index in [4.69, 9.17) is 5.26 Å². The van der Waals surface area contributed by atoms with Crippen LogP contribution < -0.4 is 5.32 Å². The number of nitrogens with one attached hydrogen (secondary N) is 1. The Morgan fingerprint density at radius 1 is 1.67 bits per heavy atom. The molecule has 0 aromatic carbocycles. The van der Waals surface area contributed by atoms with Gasteiger partial charge in [-0.05, 0) is 25.5 Å². The van der Waals surface area contributed by atoms with Crippen LogP contribution in [0.1, 0.15) is 25.8 Å². The van der Waals surface area contributed by atoms with E-state index in [1.54, 1.807) is 18.3 Å².